The highest BCUT2D eigenvalue weighted by atomic mass is 15.2. The number of nitrogens with two attached hydrogens (primary N) is 1. The Morgan fingerprint density at radius 2 is 2.40 bits per heavy atom. The summed E-state index contributed by atoms with van der Waals surface area (Å²) in [6.07, 6.45) is 7.13. The topological polar surface area (TPSA) is 55.0 Å². The molecule has 82 valence electrons. The first kappa shape index (κ1) is 10.4. The van der Waals surface area contributed by atoms with Crippen molar-refractivity contribution in [1.29, 1.82) is 0 Å². The van der Waals surface area contributed by atoms with Crippen LogP contribution in [0, 0.1) is 5.92 Å². The van der Waals surface area contributed by atoms with Crippen LogP contribution in [-0.4, -0.2) is 29.6 Å². The van der Waals surface area contributed by atoms with E-state index in [1.165, 1.54) is 19.3 Å². The first-order valence-electron chi connectivity index (χ1n) is 5.52. The maximum Gasteiger partial charge on any atom is 0.131 e. The quantitative estimate of drug-likeness (QED) is 0.803. The zero-order valence-corrected chi connectivity index (χ0v) is 9.13. The van der Waals surface area contributed by atoms with Gasteiger partial charge in [-0.05, 0) is 31.4 Å². The van der Waals surface area contributed by atoms with Crippen molar-refractivity contribution in [3.05, 3.63) is 18.6 Å². The van der Waals surface area contributed by atoms with Crippen LogP contribution in [0.25, 0.3) is 0 Å². The van der Waals surface area contributed by atoms with Crippen LogP contribution in [0.3, 0.4) is 0 Å². The Hall–Kier alpha value is -1.16. The fourth-order valence-corrected chi connectivity index (χ4v) is 2.46. The number of rotatable bonds is 3. The molecule has 0 bridgehead atoms. The van der Waals surface area contributed by atoms with Gasteiger partial charge in [-0.2, -0.15) is 0 Å². The predicted octanol–water partition coefficient (Wildman–Crippen LogP) is 1.04. The Kier molecular flexibility index (Phi) is 3.16. The van der Waals surface area contributed by atoms with Crippen LogP contribution < -0.4 is 10.6 Å². The van der Waals surface area contributed by atoms with Crippen molar-refractivity contribution in [2.75, 3.05) is 18.5 Å². The lowest BCUT2D eigenvalue weighted by Crippen LogP contribution is -2.38. The first-order chi connectivity index (χ1) is 7.33. The largest absolute Gasteiger partial charge is 0.356 e. The van der Waals surface area contributed by atoms with Gasteiger partial charge in [0.05, 0.1) is 0 Å². The average Bonchev–Trinajstić information content (AvgIpc) is 2.77. The molecule has 1 fully saturated rings. The summed E-state index contributed by atoms with van der Waals surface area (Å²) in [5, 5.41) is 0. The van der Waals surface area contributed by atoms with Gasteiger partial charge in [-0.1, -0.05) is 6.42 Å². The van der Waals surface area contributed by atoms with Gasteiger partial charge in [-0.15, -0.1) is 0 Å². The molecule has 4 nitrogen and oxygen atoms in total. The lowest BCUT2D eigenvalue weighted by Gasteiger charge is -2.29. The van der Waals surface area contributed by atoms with Crippen molar-refractivity contribution in [2.45, 2.75) is 25.3 Å². The molecule has 0 aliphatic heterocycles. The average molecular weight is 206 g/mol. The SMILES string of the molecule is CN(c1ccncn1)C1CCCC1CN. The third-order valence-corrected chi connectivity index (χ3v) is 3.35. The number of anilines is 1. The van der Waals surface area contributed by atoms with Crippen LogP contribution in [-0.2, 0) is 0 Å². The number of hydrogen-bond donors (Lipinski definition) is 1. The molecule has 2 rings (SSSR count). The highest BCUT2D eigenvalue weighted by Crippen LogP contribution is 2.30. The molecule has 1 saturated carbocycles. The van der Waals surface area contributed by atoms with Crippen molar-refractivity contribution < 1.29 is 0 Å². The maximum atomic E-state index is 5.78. The van der Waals surface area contributed by atoms with E-state index in [1.807, 2.05) is 6.07 Å². The summed E-state index contributed by atoms with van der Waals surface area (Å²) in [6, 6.07) is 2.50. The zero-order chi connectivity index (χ0) is 10.7. The molecule has 1 aliphatic rings. The second-order valence-electron chi connectivity index (χ2n) is 4.17. The lowest BCUT2D eigenvalue weighted by molar-refractivity contribution is 0.472. The predicted molar refractivity (Wildman–Crippen MR) is 60.6 cm³/mol. The summed E-state index contributed by atoms with van der Waals surface area (Å²) in [6.45, 7) is 0.778. The summed E-state index contributed by atoms with van der Waals surface area (Å²) in [5.74, 6) is 1.61. The normalized spacial score (nSPS) is 25.5. The molecule has 2 unspecified atom stereocenters. The minimum atomic E-state index is 0.546. The molecular weight excluding hydrogens is 188 g/mol. The molecule has 4 heteroatoms. The number of nitrogens with zero attached hydrogens (tertiary/aromatic N) is 3. The Morgan fingerprint density at radius 3 is 3.07 bits per heavy atom. The van der Waals surface area contributed by atoms with E-state index in [4.69, 9.17) is 5.73 Å². The van der Waals surface area contributed by atoms with Crippen molar-refractivity contribution in [1.82, 2.24) is 9.97 Å². The van der Waals surface area contributed by atoms with E-state index in [9.17, 15) is 0 Å². The Labute approximate surface area is 90.5 Å². The third kappa shape index (κ3) is 2.09. The van der Waals surface area contributed by atoms with E-state index in [2.05, 4.69) is 21.9 Å². The molecule has 15 heavy (non-hydrogen) atoms. The van der Waals surface area contributed by atoms with E-state index in [0.717, 1.165) is 12.4 Å². The first-order valence-corrected chi connectivity index (χ1v) is 5.52. The van der Waals surface area contributed by atoms with Gasteiger partial charge in [0.1, 0.15) is 12.1 Å². The summed E-state index contributed by atoms with van der Waals surface area (Å²) in [7, 11) is 2.10. The van der Waals surface area contributed by atoms with Gasteiger partial charge < -0.3 is 10.6 Å². The molecule has 1 aromatic rings. The highest BCUT2D eigenvalue weighted by molar-refractivity contribution is 5.37. The smallest absolute Gasteiger partial charge is 0.131 e. The molecule has 2 atom stereocenters. The van der Waals surface area contributed by atoms with Gasteiger partial charge in [0.2, 0.25) is 0 Å². The van der Waals surface area contributed by atoms with Gasteiger partial charge in [0, 0.05) is 19.3 Å². The van der Waals surface area contributed by atoms with Crippen LogP contribution in [0.2, 0.25) is 0 Å². The minimum absolute atomic E-state index is 0.546. The van der Waals surface area contributed by atoms with Crippen molar-refractivity contribution in [2.24, 2.45) is 11.7 Å². The Morgan fingerprint density at radius 1 is 1.53 bits per heavy atom. The van der Waals surface area contributed by atoms with Crippen LogP contribution in [0.5, 0.6) is 0 Å². The van der Waals surface area contributed by atoms with E-state index in [-0.39, 0.29) is 0 Å². The molecule has 0 aromatic carbocycles. The minimum Gasteiger partial charge on any atom is -0.356 e. The monoisotopic (exact) mass is 206 g/mol. The van der Waals surface area contributed by atoms with E-state index in [0.29, 0.717) is 12.0 Å². The second-order valence-corrected chi connectivity index (χ2v) is 4.17. The molecule has 1 aromatic heterocycles. The highest BCUT2D eigenvalue weighted by Gasteiger charge is 2.29. The molecule has 0 spiro atoms. The van der Waals surface area contributed by atoms with Gasteiger partial charge in [-0.25, -0.2) is 9.97 Å². The summed E-state index contributed by atoms with van der Waals surface area (Å²) in [4.78, 5) is 10.4. The fourth-order valence-electron chi connectivity index (χ4n) is 2.46. The van der Waals surface area contributed by atoms with Gasteiger partial charge >= 0.3 is 0 Å². The fraction of sp³-hybridized carbons (Fsp3) is 0.636. The molecule has 1 aliphatic carbocycles. The summed E-state index contributed by atoms with van der Waals surface area (Å²) >= 11 is 0. The zero-order valence-electron chi connectivity index (χ0n) is 9.13. The van der Waals surface area contributed by atoms with E-state index < -0.39 is 0 Å². The molecule has 2 N–H and O–H groups in total. The standard InChI is InChI=1S/C11H18N4/c1-15(11-5-6-13-8-14-11)10-4-2-3-9(10)7-12/h5-6,8-10H,2-4,7,12H2,1H3. The van der Waals surface area contributed by atoms with Crippen LogP contribution in [0.15, 0.2) is 18.6 Å². The number of hydrogen-bond acceptors (Lipinski definition) is 4. The molecule has 0 amide bonds. The lowest BCUT2D eigenvalue weighted by atomic mass is 10.0. The van der Waals surface area contributed by atoms with Crippen molar-refractivity contribution >= 4 is 5.82 Å². The molecular formula is C11H18N4. The van der Waals surface area contributed by atoms with Crippen LogP contribution in [0.1, 0.15) is 19.3 Å². The van der Waals surface area contributed by atoms with Gasteiger partial charge in [0.25, 0.3) is 0 Å². The Balaban J connectivity index is 2.10. The maximum absolute atomic E-state index is 5.78. The van der Waals surface area contributed by atoms with Crippen molar-refractivity contribution in [3.8, 4) is 0 Å². The van der Waals surface area contributed by atoms with E-state index >= 15 is 0 Å². The molecule has 0 radical (unpaired) electrons. The summed E-state index contributed by atoms with van der Waals surface area (Å²) < 4.78 is 0. The second kappa shape index (κ2) is 4.57. The third-order valence-electron chi connectivity index (χ3n) is 3.35. The van der Waals surface area contributed by atoms with Crippen LogP contribution >= 0.6 is 0 Å². The van der Waals surface area contributed by atoms with Crippen LogP contribution in [0.4, 0.5) is 5.82 Å². The number of aromatic nitrogens is 2. The van der Waals surface area contributed by atoms with E-state index in [1.54, 1.807) is 12.5 Å². The van der Waals surface area contributed by atoms with Gasteiger partial charge in [0.15, 0.2) is 0 Å². The van der Waals surface area contributed by atoms with Gasteiger partial charge in [-0.3, -0.25) is 0 Å². The Bertz CT molecular complexity index is 301. The molecule has 0 saturated heterocycles. The van der Waals surface area contributed by atoms with Crippen molar-refractivity contribution in [3.63, 3.8) is 0 Å². The summed E-state index contributed by atoms with van der Waals surface area (Å²) in [5.41, 5.74) is 5.78. The molecule has 1 heterocycles.